The van der Waals surface area contributed by atoms with Gasteiger partial charge in [-0.1, -0.05) is 16.5 Å². The molecule has 1 saturated heterocycles. The average molecular weight is 525 g/mol. The molecule has 192 valence electrons. The number of halogens is 1. The third-order valence-electron chi connectivity index (χ3n) is 10.8. The number of anilines is 1. The van der Waals surface area contributed by atoms with Crippen molar-refractivity contribution in [2.75, 3.05) is 4.90 Å². The maximum absolute atomic E-state index is 15.0. The molecule has 2 aromatic heterocycles. The molecule has 1 amide bonds. The summed E-state index contributed by atoms with van der Waals surface area (Å²) in [5, 5.41) is 27.2. The van der Waals surface area contributed by atoms with Crippen LogP contribution >= 0.6 is 0 Å². The van der Waals surface area contributed by atoms with Gasteiger partial charge in [0.25, 0.3) is 5.91 Å². The van der Waals surface area contributed by atoms with Crippen LogP contribution in [0.25, 0.3) is 16.9 Å². The smallest absolute Gasteiger partial charge is 0.255 e. The molecule has 0 atom stereocenters. The fourth-order valence-electron chi connectivity index (χ4n) is 6.77. The summed E-state index contributed by atoms with van der Waals surface area (Å²) in [5.41, 5.74) is 0.784. The number of pyridine rings is 1. The summed E-state index contributed by atoms with van der Waals surface area (Å²) in [7, 11) is 18.7. The number of hydrogen-bond acceptors (Lipinski definition) is 6. The molecular weight excluding hydrogens is 497 g/mol. The van der Waals surface area contributed by atoms with Crippen molar-refractivity contribution in [2.24, 2.45) is 0 Å². The van der Waals surface area contributed by atoms with E-state index in [-0.39, 0.29) is 29.3 Å². The van der Waals surface area contributed by atoms with Crippen molar-refractivity contribution in [3.05, 3.63) is 59.2 Å². The molecule has 2 aliphatic heterocycles. The van der Waals surface area contributed by atoms with Crippen molar-refractivity contribution >= 4 is 82.3 Å². The van der Waals surface area contributed by atoms with Crippen LogP contribution in [0.1, 0.15) is 21.6 Å². The first-order valence-corrected chi connectivity index (χ1v) is 13.5. The molecular formula is C22H28B9FN6O2. The summed E-state index contributed by atoms with van der Waals surface area (Å²) < 4.78 is 16.6. The molecule has 5 rings (SSSR count). The summed E-state index contributed by atoms with van der Waals surface area (Å²) in [6.07, 6.45) is 1.78. The van der Waals surface area contributed by atoms with Gasteiger partial charge >= 0.3 is 0 Å². The van der Waals surface area contributed by atoms with Gasteiger partial charge in [0.1, 0.15) is 82.3 Å². The first-order valence-electron chi connectivity index (χ1n) is 13.5. The number of nitrogens with one attached hydrogen (secondary N) is 1. The lowest BCUT2D eigenvalue weighted by molar-refractivity contribution is 0.0489. The summed E-state index contributed by atoms with van der Waals surface area (Å²) in [4.78, 5) is 19.7. The highest BCUT2D eigenvalue weighted by atomic mass is 19.1. The number of hydrogen-bond donors (Lipinski definition) is 2. The van der Waals surface area contributed by atoms with Crippen LogP contribution in [-0.2, 0) is 6.54 Å². The van der Waals surface area contributed by atoms with Gasteiger partial charge in [-0.3, -0.25) is 4.79 Å². The average Bonchev–Trinajstić information content (AvgIpc) is 3.49. The largest absolute Gasteiger partial charge is 0.401 e. The van der Waals surface area contributed by atoms with Crippen molar-refractivity contribution in [3.63, 3.8) is 0 Å². The molecule has 0 spiro atoms. The fourth-order valence-corrected chi connectivity index (χ4v) is 6.77. The second-order valence-corrected chi connectivity index (χ2v) is 13.2. The number of fused-ring (bicyclic) bond motifs is 1. The van der Waals surface area contributed by atoms with Crippen molar-refractivity contribution in [1.82, 2.24) is 20.1 Å². The van der Waals surface area contributed by atoms with Crippen LogP contribution in [0.4, 0.5) is 10.2 Å². The molecule has 40 heavy (non-hydrogen) atoms. The molecule has 18 heteroatoms. The topological polar surface area (TPSA) is 107 Å². The molecule has 0 unspecified atom stereocenters. The van der Waals surface area contributed by atoms with Gasteiger partial charge < -0.3 is 15.3 Å². The number of carbonyl (C=O) groups excluding carboxylic acids is 1. The number of amides is 1. The van der Waals surface area contributed by atoms with E-state index in [4.69, 9.17) is 5.10 Å². The number of aromatic nitrogens is 3. The molecule has 0 radical (unpaired) electrons. The first kappa shape index (κ1) is 28.3. The van der Waals surface area contributed by atoms with Gasteiger partial charge in [0.2, 0.25) is 0 Å². The Labute approximate surface area is 241 Å². The zero-order valence-corrected chi connectivity index (χ0v) is 24.6. The maximum Gasteiger partial charge on any atom is 0.255 e. The van der Waals surface area contributed by atoms with Gasteiger partial charge in [0.15, 0.2) is 0 Å². The molecule has 2 N–H and O–H groups in total. The lowest BCUT2D eigenvalue weighted by Crippen LogP contribution is -2.85. The van der Waals surface area contributed by atoms with Crippen molar-refractivity contribution in [3.8, 4) is 23.0 Å². The van der Waals surface area contributed by atoms with Crippen LogP contribution in [-0.4, -0.2) is 113 Å². The third kappa shape index (κ3) is 3.49. The van der Waals surface area contributed by atoms with E-state index in [0.29, 0.717) is 22.8 Å². The van der Waals surface area contributed by atoms with E-state index >= 15 is 0 Å². The Hall–Kier alpha value is -3.19. The van der Waals surface area contributed by atoms with E-state index in [0.717, 1.165) is 0 Å². The van der Waals surface area contributed by atoms with E-state index in [1.165, 1.54) is 12.1 Å². The van der Waals surface area contributed by atoms with Gasteiger partial charge in [0, 0.05) is 17.8 Å². The summed E-state index contributed by atoms with van der Waals surface area (Å²) in [6.45, 7) is 0.198. The number of carbonyl (C=O) groups is 1. The van der Waals surface area contributed by atoms with Crippen LogP contribution in [0.15, 0.2) is 36.5 Å². The molecule has 8 nitrogen and oxygen atoms in total. The highest BCUT2D eigenvalue weighted by molar-refractivity contribution is 6.66. The summed E-state index contributed by atoms with van der Waals surface area (Å²) >= 11 is 0. The van der Waals surface area contributed by atoms with Gasteiger partial charge in [0.05, 0.1) is 46.4 Å². The SMILES string of the molecule is BC1(B)N(c2ccn(-c3cc(-c4c(F)cccc4C#N)nc4c3C(=O)NC4)n2)C(B)(B)C(B)(B)C(B)(O)C1(B)B. The Morgan fingerprint density at radius 2 is 1.62 bits per heavy atom. The summed E-state index contributed by atoms with van der Waals surface area (Å²) in [5.74, 6) is -0.169. The number of nitrogens with zero attached hydrogens (tertiary/aromatic N) is 5. The Morgan fingerprint density at radius 1 is 1.00 bits per heavy atom. The minimum Gasteiger partial charge on any atom is -0.401 e. The molecule has 0 bridgehead atoms. The molecule has 0 saturated carbocycles. The monoisotopic (exact) mass is 526 g/mol. The molecule has 4 heterocycles. The van der Waals surface area contributed by atoms with Crippen LogP contribution < -0.4 is 10.2 Å². The highest BCUT2D eigenvalue weighted by Gasteiger charge is 2.68. The van der Waals surface area contributed by atoms with Crippen LogP contribution in [0.3, 0.4) is 0 Å². The number of rotatable bonds is 3. The quantitative estimate of drug-likeness (QED) is 0.330. The van der Waals surface area contributed by atoms with Crippen molar-refractivity contribution < 1.29 is 14.3 Å². The number of nitriles is 1. The van der Waals surface area contributed by atoms with Crippen LogP contribution in [0.5, 0.6) is 0 Å². The third-order valence-corrected chi connectivity index (χ3v) is 10.8. The van der Waals surface area contributed by atoms with Crippen molar-refractivity contribution in [1.29, 1.82) is 5.26 Å². The van der Waals surface area contributed by atoms with E-state index in [1.54, 1.807) is 23.0 Å². The minimum absolute atomic E-state index is 0.0878. The van der Waals surface area contributed by atoms with E-state index < -0.39 is 32.4 Å². The molecule has 2 aliphatic rings. The number of piperidine rings is 1. The Morgan fingerprint density at radius 3 is 2.23 bits per heavy atom. The standard InChI is InChI=1S/C22H28B9FN6O2/c23-18(24)20(27,40)19(25,26)22(30,31)38(21(18,28)29)14-4-5-37(36-14)13-6-11(35-12-8-34-17(39)16(12)13)15-9(7-33)2-1-3-10(15)32/h1-6,40H,8,23-31H2,(H,34,39). The zero-order valence-electron chi connectivity index (χ0n) is 24.6. The lowest BCUT2D eigenvalue weighted by atomic mass is 9.12. The number of benzene rings is 1. The normalized spacial score (nSPS) is 21.2. The second kappa shape index (κ2) is 8.66. The van der Waals surface area contributed by atoms with Gasteiger partial charge in [-0.2, -0.15) is 10.4 Å². The van der Waals surface area contributed by atoms with E-state index in [2.05, 4.69) is 78.0 Å². The Balaban J connectivity index is 1.71. The predicted molar refractivity (Wildman–Crippen MR) is 178 cm³/mol. The minimum atomic E-state index is -1.01. The van der Waals surface area contributed by atoms with E-state index in [9.17, 15) is 19.6 Å². The van der Waals surface area contributed by atoms with Gasteiger partial charge in [-0.25, -0.2) is 14.1 Å². The fraction of sp³-hybridized carbons (Fsp3) is 0.273. The van der Waals surface area contributed by atoms with Gasteiger partial charge in [-0.15, -0.1) is 0 Å². The Bertz CT molecular complexity index is 1590. The predicted octanol–water partition coefficient (Wildman–Crippen LogP) is -7.07. The highest BCUT2D eigenvalue weighted by Crippen LogP contribution is 2.61. The first-order chi connectivity index (χ1) is 18.4. The summed E-state index contributed by atoms with van der Waals surface area (Å²) in [6, 6.07) is 9.88. The Kier molecular flexibility index (Phi) is 6.13. The van der Waals surface area contributed by atoms with Crippen LogP contribution in [0, 0.1) is 17.1 Å². The van der Waals surface area contributed by atoms with Crippen molar-refractivity contribution in [2.45, 2.75) is 33.1 Å². The van der Waals surface area contributed by atoms with Crippen LogP contribution in [0.2, 0.25) is 10.4 Å². The number of aliphatic hydroxyl groups is 1. The lowest BCUT2D eigenvalue weighted by Gasteiger charge is -2.75. The molecule has 0 aliphatic carbocycles. The van der Waals surface area contributed by atoms with E-state index in [1.807, 2.05) is 20.0 Å². The second-order valence-electron chi connectivity index (χ2n) is 13.2. The maximum atomic E-state index is 15.0. The zero-order chi connectivity index (χ0) is 29.6. The molecule has 1 fully saturated rings. The molecule has 1 aromatic carbocycles. The van der Waals surface area contributed by atoms with Gasteiger partial charge in [-0.05, 0) is 28.9 Å². The molecule has 3 aromatic rings.